The number of nitrogens with zero attached hydrogens (tertiary/aromatic N) is 3. The highest BCUT2D eigenvalue weighted by atomic mass is 35.5. The Morgan fingerprint density at radius 2 is 2.11 bits per heavy atom. The number of imidazole rings is 1. The van der Waals surface area contributed by atoms with Crippen molar-refractivity contribution in [3.05, 3.63) is 40.6 Å². The summed E-state index contributed by atoms with van der Waals surface area (Å²) in [5, 5.41) is 9.61. The molecule has 2 aromatic rings. The van der Waals surface area contributed by atoms with E-state index >= 15 is 0 Å². The van der Waals surface area contributed by atoms with Crippen LogP contribution in [0.15, 0.2) is 18.6 Å². The van der Waals surface area contributed by atoms with Crippen molar-refractivity contribution in [1.29, 1.82) is 0 Å². The zero-order chi connectivity index (χ0) is 12.5. The Labute approximate surface area is 110 Å². The molecule has 2 aromatic heterocycles. The molecule has 1 aliphatic rings. The highest BCUT2D eigenvalue weighted by molar-refractivity contribution is 6.32. The predicted molar refractivity (Wildman–Crippen MR) is 68.9 cm³/mol. The molecule has 3 rings (SSSR count). The lowest BCUT2D eigenvalue weighted by Gasteiger charge is -2.14. The molecule has 1 aliphatic carbocycles. The van der Waals surface area contributed by atoms with Gasteiger partial charge < -0.3 is 5.11 Å². The van der Waals surface area contributed by atoms with E-state index in [1.54, 1.807) is 18.6 Å². The highest BCUT2D eigenvalue weighted by Crippen LogP contribution is 2.26. The van der Waals surface area contributed by atoms with Crippen molar-refractivity contribution in [2.75, 3.05) is 0 Å². The first-order valence-electron chi connectivity index (χ1n) is 6.10. The molecule has 94 valence electrons. The summed E-state index contributed by atoms with van der Waals surface area (Å²) in [6, 6.07) is 1.75. The average molecular weight is 264 g/mol. The van der Waals surface area contributed by atoms with Gasteiger partial charge in [0.1, 0.15) is 6.33 Å². The molecule has 2 heterocycles. The molecule has 0 saturated carbocycles. The van der Waals surface area contributed by atoms with Crippen LogP contribution in [0.2, 0.25) is 5.02 Å². The molecule has 0 atom stereocenters. The lowest BCUT2D eigenvalue weighted by Crippen LogP contribution is -2.08. The normalized spacial score (nSPS) is 14.6. The summed E-state index contributed by atoms with van der Waals surface area (Å²) in [4.78, 5) is 8.76. The molecule has 0 aliphatic heterocycles. The van der Waals surface area contributed by atoms with Crippen LogP contribution < -0.4 is 0 Å². The summed E-state index contributed by atoms with van der Waals surface area (Å²) >= 11 is 6.22. The molecule has 0 fully saturated rings. The van der Waals surface area contributed by atoms with Crippen molar-refractivity contribution in [1.82, 2.24) is 14.5 Å². The molecule has 0 bridgehead atoms. The molecule has 5 heteroatoms. The number of aliphatic hydroxyl groups excluding tert-OH is 1. The van der Waals surface area contributed by atoms with Gasteiger partial charge in [-0.25, -0.2) is 9.97 Å². The summed E-state index contributed by atoms with van der Waals surface area (Å²) in [6.45, 7) is -0.0466. The van der Waals surface area contributed by atoms with E-state index in [4.69, 9.17) is 16.7 Å². The number of halogens is 1. The average Bonchev–Trinajstić information content (AvgIpc) is 2.82. The van der Waals surface area contributed by atoms with E-state index < -0.39 is 0 Å². The summed E-state index contributed by atoms with van der Waals surface area (Å²) in [5.74, 6) is 0.699. The van der Waals surface area contributed by atoms with Crippen LogP contribution in [0.5, 0.6) is 0 Å². The molecule has 0 radical (unpaired) electrons. The molecular formula is C13H14ClN3O. The second kappa shape index (κ2) is 4.71. The van der Waals surface area contributed by atoms with E-state index in [1.165, 1.54) is 18.5 Å². The zero-order valence-corrected chi connectivity index (χ0v) is 10.7. The minimum Gasteiger partial charge on any atom is -0.392 e. The SMILES string of the molecule is OCc1cnc(-n2cnc3c2CCCC3)c(Cl)c1. The number of rotatable bonds is 2. The molecule has 4 nitrogen and oxygen atoms in total. The summed E-state index contributed by atoms with van der Waals surface area (Å²) in [6.07, 6.45) is 7.89. The Balaban J connectivity index is 2.07. The molecule has 0 saturated heterocycles. The Kier molecular flexibility index (Phi) is 3.06. The van der Waals surface area contributed by atoms with Crippen LogP contribution in [-0.2, 0) is 19.4 Å². The molecule has 0 aromatic carbocycles. The van der Waals surface area contributed by atoms with Crippen LogP contribution in [0.3, 0.4) is 0 Å². The fourth-order valence-corrected chi connectivity index (χ4v) is 2.67. The maximum absolute atomic E-state index is 9.06. The minimum atomic E-state index is -0.0466. The number of pyridine rings is 1. The largest absolute Gasteiger partial charge is 0.392 e. The second-order valence-electron chi connectivity index (χ2n) is 4.52. The Bertz CT molecular complexity index is 580. The van der Waals surface area contributed by atoms with Crippen LogP contribution in [0.4, 0.5) is 0 Å². The van der Waals surface area contributed by atoms with E-state index in [1.807, 2.05) is 4.57 Å². The smallest absolute Gasteiger partial charge is 0.156 e. The van der Waals surface area contributed by atoms with E-state index in [-0.39, 0.29) is 6.61 Å². The van der Waals surface area contributed by atoms with Gasteiger partial charge in [-0.2, -0.15) is 0 Å². The van der Waals surface area contributed by atoms with Gasteiger partial charge in [0.05, 0.1) is 17.3 Å². The molecule has 1 N–H and O–H groups in total. The van der Waals surface area contributed by atoms with Crippen molar-refractivity contribution in [3.8, 4) is 5.82 Å². The van der Waals surface area contributed by atoms with Gasteiger partial charge in [0.15, 0.2) is 5.82 Å². The van der Waals surface area contributed by atoms with Gasteiger partial charge in [0.2, 0.25) is 0 Å². The lowest BCUT2D eigenvalue weighted by molar-refractivity contribution is 0.281. The van der Waals surface area contributed by atoms with E-state index in [0.717, 1.165) is 24.1 Å². The van der Waals surface area contributed by atoms with E-state index in [0.29, 0.717) is 10.8 Å². The monoisotopic (exact) mass is 263 g/mol. The van der Waals surface area contributed by atoms with Gasteiger partial charge >= 0.3 is 0 Å². The predicted octanol–water partition coefficient (Wildman–Crippen LogP) is 2.29. The number of aryl methyl sites for hydroxylation is 1. The van der Waals surface area contributed by atoms with Crippen LogP contribution in [-0.4, -0.2) is 19.6 Å². The van der Waals surface area contributed by atoms with Crippen LogP contribution in [0, 0.1) is 0 Å². The van der Waals surface area contributed by atoms with Gasteiger partial charge in [-0.1, -0.05) is 11.6 Å². The molecule has 0 amide bonds. The topological polar surface area (TPSA) is 50.9 Å². The van der Waals surface area contributed by atoms with Crippen molar-refractivity contribution in [2.24, 2.45) is 0 Å². The Hall–Kier alpha value is -1.39. The molecule has 0 spiro atoms. The summed E-state index contributed by atoms with van der Waals surface area (Å²) < 4.78 is 1.97. The van der Waals surface area contributed by atoms with Crippen LogP contribution in [0.25, 0.3) is 5.82 Å². The van der Waals surface area contributed by atoms with Crippen molar-refractivity contribution in [2.45, 2.75) is 32.3 Å². The first-order valence-corrected chi connectivity index (χ1v) is 6.48. The first-order chi connectivity index (χ1) is 8.79. The maximum atomic E-state index is 9.06. The van der Waals surface area contributed by atoms with Gasteiger partial charge in [-0.05, 0) is 37.3 Å². The standard InChI is InChI=1S/C13H14ClN3O/c14-10-5-9(7-18)6-15-13(10)17-8-16-11-3-1-2-4-12(11)17/h5-6,8,18H,1-4,7H2. The number of aromatic nitrogens is 3. The third-order valence-corrected chi connectivity index (χ3v) is 3.60. The van der Waals surface area contributed by atoms with Gasteiger partial charge in [0, 0.05) is 11.9 Å². The third-order valence-electron chi connectivity index (χ3n) is 3.32. The van der Waals surface area contributed by atoms with Crippen molar-refractivity contribution >= 4 is 11.6 Å². The number of fused-ring (bicyclic) bond motifs is 1. The van der Waals surface area contributed by atoms with Crippen molar-refractivity contribution in [3.63, 3.8) is 0 Å². The quantitative estimate of drug-likeness (QED) is 0.904. The Morgan fingerprint density at radius 1 is 1.28 bits per heavy atom. The lowest BCUT2D eigenvalue weighted by atomic mass is 10.0. The van der Waals surface area contributed by atoms with Gasteiger partial charge in [-0.15, -0.1) is 0 Å². The number of hydrogen-bond acceptors (Lipinski definition) is 3. The second-order valence-corrected chi connectivity index (χ2v) is 4.93. The van der Waals surface area contributed by atoms with E-state index in [2.05, 4.69) is 9.97 Å². The third kappa shape index (κ3) is 1.91. The first kappa shape index (κ1) is 11.7. The van der Waals surface area contributed by atoms with Crippen LogP contribution >= 0.6 is 11.6 Å². The molecular weight excluding hydrogens is 250 g/mol. The zero-order valence-electron chi connectivity index (χ0n) is 9.93. The molecule has 18 heavy (non-hydrogen) atoms. The van der Waals surface area contributed by atoms with Gasteiger partial charge in [-0.3, -0.25) is 4.57 Å². The van der Waals surface area contributed by atoms with E-state index in [9.17, 15) is 0 Å². The van der Waals surface area contributed by atoms with Gasteiger partial charge in [0.25, 0.3) is 0 Å². The number of hydrogen-bond donors (Lipinski definition) is 1. The minimum absolute atomic E-state index is 0.0466. The summed E-state index contributed by atoms with van der Waals surface area (Å²) in [5.41, 5.74) is 3.09. The Morgan fingerprint density at radius 3 is 2.89 bits per heavy atom. The van der Waals surface area contributed by atoms with Crippen LogP contribution in [0.1, 0.15) is 29.8 Å². The highest BCUT2D eigenvalue weighted by Gasteiger charge is 2.18. The summed E-state index contributed by atoms with van der Waals surface area (Å²) in [7, 11) is 0. The fraction of sp³-hybridized carbons (Fsp3) is 0.385. The maximum Gasteiger partial charge on any atom is 0.156 e. The fourth-order valence-electron chi connectivity index (χ4n) is 2.39. The molecule has 0 unspecified atom stereocenters. The number of aliphatic hydroxyl groups is 1. The van der Waals surface area contributed by atoms with Crippen molar-refractivity contribution < 1.29 is 5.11 Å².